The van der Waals surface area contributed by atoms with Gasteiger partial charge in [-0.15, -0.1) is 0 Å². The fourth-order valence-electron chi connectivity index (χ4n) is 1.42. The van der Waals surface area contributed by atoms with Crippen molar-refractivity contribution in [1.82, 2.24) is 0 Å². The van der Waals surface area contributed by atoms with Gasteiger partial charge in [-0.3, -0.25) is 14.2 Å². The predicted octanol–water partition coefficient (Wildman–Crippen LogP) is -1.25. The molecule has 0 aromatic carbocycles. The van der Waals surface area contributed by atoms with Crippen molar-refractivity contribution in [2.75, 3.05) is 19.8 Å². The first-order chi connectivity index (χ1) is 6.18. The fourth-order valence-corrected chi connectivity index (χ4v) is 2.00. The number of rotatable bonds is 2. The van der Waals surface area contributed by atoms with Crippen molar-refractivity contribution in [2.24, 2.45) is 5.92 Å². The van der Waals surface area contributed by atoms with Crippen LogP contribution in [0.25, 0.3) is 0 Å². The molecule has 74 valence electrons. The number of aliphatic hydroxyl groups excluding tert-OH is 1. The van der Waals surface area contributed by atoms with Gasteiger partial charge in [-0.2, -0.15) is 0 Å². The van der Waals surface area contributed by atoms with Crippen molar-refractivity contribution in [3.8, 4) is 0 Å². The largest absolute Gasteiger partial charge is 0.589 e. The summed E-state index contributed by atoms with van der Waals surface area (Å²) >= 11 is 0. The maximum absolute atomic E-state index is 10.8. The molecule has 3 aliphatic rings. The Bertz CT molecular complexity index is 223. The summed E-state index contributed by atoms with van der Waals surface area (Å²) < 4.78 is 25.6. The van der Waals surface area contributed by atoms with Crippen LogP contribution < -0.4 is 4.89 Å². The minimum atomic E-state index is -2.98. The number of fused-ring (bicyclic) bond motifs is 3. The van der Waals surface area contributed by atoms with Crippen molar-refractivity contribution in [2.45, 2.75) is 11.8 Å². The standard InChI is InChI=1S/C6H9O6P/c7-1-5-4-2-10-6(12-5,11-3-4)13(8)9/h4-5,7H,1-3H2. The summed E-state index contributed by atoms with van der Waals surface area (Å²) in [5, 5.41) is 8.88. The average Bonchev–Trinajstić information content (AvgIpc) is 2.19. The summed E-state index contributed by atoms with van der Waals surface area (Å²) in [4.78, 5) is 10.8. The highest BCUT2D eigenvalue weighted by molar-refractivity contribution is 7.37. The van der Waals surface area contributed by atoms with E-state index in [9.17, 15) is 9.46 Å². The lowest BCUT2D eigenvalue weighted by Gasteiger charge is -2.43. The van der Waals surface area contributed by atoms with Crippen LogP contribution in [0.1, 0.15) is 0 Å². The van der Waals surface area contributed by atoms with E-state index < -0.39 is 19.8 Å². The highest BCUT2D eigenvalue weighted by atomic mass is 31.1. The van der Waals surface area contributed by atoms with Crippen LogP contribution in [0.5, 0.6) is 0 Å². The Morgan fingerprint density at radius 3 is 2.62 bits per heavy atom. The molecule has 3 saturated heterocycles. The summed E-state index contributed by atoms with van der Waals surface area (Å²) in [6, 6.07) is 0. The molecule has 0 aromatic heterocycles. The molecule has 0 aliphatic carbocycles. The van der Waals surface area contributed by atoms with E-state index in [-0.39, 0.29) is 25.7 Å². The lowest BCUT2D eigenvalue weighted by Crippen LogP contribution is -2.58. The minimum absolute atomic E-state index is 0.0816. The summed E-state index contributed by atoms with van der Waals surface area (Å²) in [5.74, 6) is -0.0816. The molecule has 2 unspecified atom stereocenters. The van der Waals surface area contributed by atoms with Gasteiger partial charge in [-0.25, -0.2) is 0 Å². The second-order valence-corrected chi connectivity index (χ2v) is 4.06. The van der Waals surface area contributed by atoms with Crippen LogP contribution in [0.3, 0.4) is 0 Å². The number of hydrogen-bond acceptors (Lipinski definition) is 6. The first-order valence-corrected chi connectivity index (χ1v) is 5.07. The molecule has 3 fully saturated rings. The van der Waals surface area contributed by atoms with E-state index in [0.717, 1.165) is 0 Å². The second kappa shape index (κ2) is 3.24. The molecule has 0 radical (unpaired) electrons. The zero-order valence-electron chi connectivity index (χ0n) is 6.71. The molecular formula is C6H9O6P. The van der Waals surface area contributed by atoms with Crippen LogP contribution in [0.15, 0.2) is 0 Å². The molecule has 7 heteroatoms. The van der Waals surface area contributed by atoms with Crippen molar-refractivity contribution in [1.29, 1.82) is 0 Å². The fraction of sp³-hybridized carbons (Fsp3) is 1.00. The second-order valence-electron chi connectivity index (χ2n) is 3.00. The normalized spacial score (nSPS) is 44.9. The first-order valence-electron chi connectivity index (χ1n) is 3.89. The topological polar surface area (TPSA) is 88.1 Å². The summed E-state index contributed by atoms with van der Waals surface area (Å²) in [6.45, 7) is 0.269. The Hall–Kier alpha value is -0.100. The summed E-state index contributed by atoms with van der Waals surface area (Å²) in [6.07, 6.45) is -0.504. The van der Waals surface area contributed by atoms with Gasteiger partial charge in [-0.05, 0) is 0 Å². The molecule has 2 atom stereocenters. The van der Waals surface area contributed by atoms with Gasteiger partial charge in [0.2, 0.25) is 0 Å². The predicted molar refractivity (Wildman–Crippen MR) is 37.7 cm³/mol. The molecule has 2 bridgehead atoms. The maximum atomic E-state index is 10.8. The lowest BCUT2D eigenvalue weighted by molar-refractivity contribution is -0.436. The van der Waals surface area contributed by atoms with Crippen molar-refractivity contribution in [3.63, 3.8) is 0 Å². The third-order valence-corrected chi connectivity index (χ3v) is 3.00. The Morgan fingerprint density at radius 1 is 1.54 bits per heavy atom. The maximum Gasteiger partial charge on any atom is 0.496 e. The SMILES string of the molecule is O=[P+]([O-])C12OCC(CO1)C(CO)O2. The van der Waals surface area contributed by atoms with E-state index in [1.54, 1.807) is 0 Å². The Kier molecular flexibility index (Phi) is 2.35. The molecule has 0 saturated carbocycles. The van der Waals surface area contributed by atoms with Gasteiger partial charge in [-0.1, -0.05) is 4.57 Å². The van der Waals surface area contributed by atoms with Crippen LogP contribution in [0.2, 0.25) is 0 Å². The molecule has 6 nitrogen and oxygen atoms in total. The van der Waals surface area contributed by atoms with Gasteiger partial charge < -0.3 is 10.00 Å². The number of ether oxygens (including phenoxy) is 3. The number of hydrogen-bond donors (Lipinski definition) is 1. The van der Waals surface area contributed by atoms with E-state index in [4.69, 9.17) is 19.3 Å². The van der Waals surface area contributed by atoms with E-state index in [0.29, 0.717) is 0 Å². The highest BCUT2D eigenvalue weighted by Crippen LogP contribution is 2.45. The molecule has 0 amide bonds. The third kappa shape index (κ3) is 1.40. The monoisotopic (exact) mass is 208 g/mol. The molecule has 3 heterocycles. The van der Waals surface area contributed by atoms with Crippen molar-refractivity contribution in [3.05, 3.63) is 0 Å². The quantitative estimate of drug-likeness (QED) is 0.570. The van der Waals surface area contributed by atoms with Crippen LogP contribution in [0.4, 0.5) is 0 Å². The molecule has 0 spiro atoms. The smallest absolute Gasteiger partial charge is 0.496 e. The number of aliphatic hydroxyl groups is 1. The van der Waals surface area contributed by atoms with Gasteiger partial charge in [0.25, 0.3) is 0 Å². The van der Waals surface area contributed by atoms with Gasteiger partial charge in [0.05, 0.1) is 25.9 Å². The van der Waals surface area contributed by atoms with Gasteiger partial charge in [0.15, 0.2) is 0 Å². The third-order valence-electron chi connectivity index (χ3n) is 2.19. The van der Waals surface area contributed by atoms with E-state index in [1.807, 2.05) is 0 Å². The van der Waals surface area contributed by atoms with E-state index >= 15 is 0 Å². The van der Waals surface area contributed by atoms with E-state index in [1.165, 1.54) is 0 Å². The van der Waals surface area contributed by atoms with Gasteiger partial charge >= 0.3 is 13.7 Å². The molecule has 0 aromatic rings. The Morgan fingerprint density at radius 2 is 2.15 bits per heavy atom. The van der Waals surface area contributed by atoms with Gasteiger partial charge in [0.1, 0.15) is 0 Å². The zero-order chi connectivity index (χ0) is 9.47. The van der Waals surface area contributed by atoms with Crippen LogP contribution in [-0.4, -0.2) is 36.7 Å². The summed E-state index contributed by atoms with van der Waals surface area (Å²) in [5.41, 5.74) is -1.95. The minimum Gasteiger partial charge on any atom is -0.589 e. The summed E-state index contributed by atoms with van der Waals surface area (Å²) in [7, 11) is -2.98. The Balaban J connectivity index is 2.18. The van der Waals surface area contributed by atoms with E-state index in [2.05, 4.69) is 0 Å². The highest BCUT2D eigenvalue weighted by Gasteiger charge is 2.60. The van der Waals surface area contributed by atoms with Crippen molar-refractivity contribution < 1.29 is 28.8 Å². The zero-order valence-corrected chi connectivity index (χ0v) is 7.61. The molecule has 3 rings (SSSR count). The lowest BCUT2D eigenvalue weighted by atomic mass is 10.0. The Labute approximate surface area is 75.3 Å². The molecule has 13 heavy (non-hydrogen) atoms. The van der Waals surface area contributed by atoms with Crippen LogP contribution in [-0.2, 0) is 18.8 Å². The first kappa shape index (κ1) is 9.45. The molecule has 1 N–H and O–H groups in total. The van der Waals surface area contributed by atoms with Crippen molar-refractivity contribution >= 4 is 8.03 Å². The average molecular weight is 208 g/mol. The van der Waals surface area contributed by atoms with Gasteiger partial charge in [0, 0.05) is 5.92 Å². The molecule has 3 aliphatic heterocycles. The van der Waals surface area contributed by atoms with Crippen LogP contribution >= 0.6 is 8.03 Å². The van der Waals surface area contributed by atoms with Crippen LogP contribution in [0, 0.1) is 5.92 Å². The molecular weight excluding hydrogens is 199 g/mol.